The van der Waals surface area contributed by atoms with Gasteiger partial charge in [-0.1, -0.05) is 12.1 Å². The van der Waals surface area contributed by atoms with Gasteiger partial charge in [0, 0.05) is 6.54 Å². The highest BCUT2D eigenvalue weighted by Crippen LogP contribution is 2.15. The summed E-state index contributed by atoms with van der Waals surface area (Å²) in [5.74, 6) is 0.558. The summed E-state index contributed by atoms with van der Waals surface area (Å²) in [6, 6.07) is 6.39. The number of benzene rings is 1. The van der Waals surface area contributed by atoms with Crippen molar-refractivity contribution in [1.82, 2.24) is 19.9 Å². The minimum absolute atomic E-state index is 0.234. The van der Waals surface area contributed by atoms with E-state index >= 15 is 0 Å². The molecule has 0 saturated carbocycles. The predicted molar refractivity (Wildman–Crippen MR) is 74.7 cm³/mol. The van der Waals surface area contributed by atoms with Crippen LogP contribution >= 0.6 is 0 Å². The molecule has 0 aliphatic rings. The largest absolute Gasteiger partial charge is 0.382 e. The number of anilines is 2. The minimum Gasteiger partial charge on any atom is -0.382 e. The van der Waals surface area contributed by atoms with E-state index in [1.165, 1.54) is 18.5 Å². The molecule has 2 heterocycles. The molecule has 2 aromatic heterocycles. The lowest BCUT2D eigenvalue weighted by molar-refractivity contribution is 0.627. The first-order valence-corrected chi connectivity index (χ1v) is 6.17. The van der Waals surface area contributed by atoms with Crippen LogP contribution in [0.25, 0.3) is 11.2 Å². The number of H-pyrrole nitrogens is 1. The van der Waals surface area contributed by atoms with E-state index in [4.69, 9.17) is 5.73 Å². The quantitative estimate of drug-likeness (QED) is 0.672. The number of aromatic amines is 1. The molecule has 0 atom stereocenters. The Morgan fingerprint density at radius 2 is 2.00 bits per heavy atom. The number of imidazole rings is 1. The average Bonchev–Trinajstić information content (AvgIpc) is 2.90. The smallest absolute Gasteiger partial charge is 0.226 e. The van der Waals surface area contributed by atoms with Gasteiger partial charge in [-0.05, 0) is 24.1 Å². The molecule has 0 aliphatic heterocycles. The van der Waals surface area contributed by atoms with Crippen LogP contribution in [0, 0.1) is 5.82 Å². The maximum Gasteiger partial charge on any atom is 0.226 e. The van der Waals surface area contributed by atoms with E-state index in [1.807, 2.05) is 0 Å². The fourth-order valence-electron chi connectivity index (χ4n) is 1.90. The van der Waals surface area contributed by atoms with Crippen molar-refractivity contribution < 1.29 is 4.39 Å². The summed E-state index contributed by atoms with van der Waals surface area (Å²) >= 11 is 0. The number of halogens is 1. The Kier molecular flexibility index (Phi) is 3.16. The van der Waals surface area contributed by atoms with Crippen molar-refractivity contribution in [3.63, 3.8) is 0 Å². The van der Waals surface area contributed by atoms with Crippen LogP contribution in [0.2, 0.25) is 0 Å². The molecule has 6 nitrogen and oxygen atoms in total. The topological polar surface area (TPSA) is 92.5 Å². The molecule has 20 heavy (non-hydrogen) atoms. The van der Waals surface area contributed by atoms with Crippen LogP contribution in [0.1, 0.15) is 5.56 Å². The molecule has 0 aliphatic carbocycles. The first-order chi connectivity index (χ1) is 9.72. The average molecular weight is 272 g/mol. The van der Waals surface area contributed by atoms with Crippen molar-refractivity contribution >= 4 is 22.9 Å². The van der Waals surface area contributed by atoms with Gasteiger partial charge in [0.05, 0.1) is 6.33 Å². The number of hydrogen-bond donors (Lipinski definition) is 3. The molecule has 0 fully saturated rings. The number of fused-ring (bicyclic) bond motifs is 1. The van der Waals surface area contributed by atoms with E-state index in [9.17, 15) is 4.39 Å². The monoisotopic (exact) mass is 272 g/mol. The fraction of sp³-hybridized carbons (Fsp3) is 0.154. The lowest BCUT2D eigenvalue weighted by Gasteiger charge is -2.05. The molecule has 4 N–H and O–H groups in total. The highest BCUT2D eigenvalue weighted by molar-refractivity contribution is 5.82. The fourth-order valence-corrected chi connectivity index (χ4v) is 1.90. The van der Waals surface area contributed by atoms with Gasteiger partial charge < -0.3 is 16.0 Å². The Balaban J connectivity index is 1.66. The number of nitrogen functional groups attached to an aromatic ring is 1. The Morgan fingerprint density at radius 3 is 2.80 bits per heavy atom. The van der Waals surface area contributed by atoms with Gasteiger partial charge >= 0.3 is 0 Å². The maximum atomic E-state index is 12.8. The summed E-state index contributed by atoms with van der Waals surface area (Å²) in [5, 5.41) is 3.08. The van der Waals surface area contributed by atoms with Gasteiger partial charge in [-0.2, -0.15) is 9.97 Å². The third kappa shape index (κ3) is 2.51. The molecule has 0 amide bonds. The summed E-state index contributed by atoms with van der Waals surface area (Å²) in [6.07, 6.45) is 2.26. The van der Waals surface area contributed by atoms with Gasteiger partial charge in [0.2, 0.25) is 5.95 Å². The van der Waals surface area contributed by atoms with Crippen molar-refractivity contribution in [2.75, 3.05) is 17.6 Å². The van der Waals surface area contributed by atoms with Crippen molar-refractivity contribution in [2.45, 2.75) is 6.42 Å². The van der Waals surface area contributed by atoms with Crippen LogP contribution in [-0.2, 0) is 6.42 Å². The van der Waals surface area contributed by atoms with Crippen LogP contribution in [-0.4, -0.2) is 26.5 Å². The van der Waals surface area contributed by atoms with Crippen molar-refractivity contribution in [1.29, 1.82) is 0 Å². The number of nitrogens with one attached hydrogen (secondary N) is 2. The van der Waals surface area contributed by atoms with Crippen LogP contribution in [0.4, 0.5) is 16.2 Å². The highest BCUT2D eigenvalue weighted by atomic mass is 19.1. The second-order valence-corrected chi connectivity index (χ2v) is 4.34. The van der Waals surface area contributed by atoms with E-state index in [0.717, 1.165) is 12.0 Å². The molecule has 102 valence electrons. The van der Waals surface area contributed by atoms with Gasteiger partial charge in [-0.25, -0.2) is 9.37 Å². The number of nitrogens with two attached hydrogens (primary N) is 1. The molecule has 0 radical (unpaired) electrons. The van der Waals surface area contributed by atoms with Crippen LogP contribution in [0.5, 0.6) is 0 Å². The highest BCUT2D eigenvalue weighted by Gasteiger charge is 2.06. The van der Waals surface area contributed by atoms with Gasteiger partial charge in [-0.15, -0.1) is 0 Å². The van der Waals surface area contributed by atoms with Gasteiger partial charge in [0.25, 0.3) is 0 Å². The third-order valence-corrected chi connectivity index (χ3v) is 2.92. The van der Waals surface area contributed by atoms with E-state index in [-0.39, 0.29) is 5.82 Å². The van der Waals surface area contributed by atoms with E-state index in [0.29, 0.717) is 29.5 Å². The molecular formula is C13H13FN6. The first kappa shape index (κ1) is 12.3. The Labute approximate surface area is 114 Å². The Hall–Kier alpha value is -2.70. The van der Waals surface area contributed by atoms with E-state index < -0.39 is 0 Å². The molecule has 0 saturated heterocycles. The zero-order valence-corrected chi connectivity index (χ0v) is 10.6. The second-order valence-electron chi connectivity index (χ2n) is 4.34. The number of hydrogen-bond acceptors (Lipinski definition) is 5. The van der Waals surface area contributed by atoms with Crippen LogP contribution < -0.4 is 11.1 Å². The van der Waals surface area contributed by atoms with Crippen LogP contribution in [0.15, 0.2) is 30.6 Å². The standard InChI is InChI=1S/C13H13FN6/c14-9-3-1-8(2-4-9)5-6-16-13-19-11(15)10-12(20-13)18-7-17-10/h1-4,7H,5-6H2,(H4,15,16,17,18,19,20). The molecular weight excluding hydrogens is 259 g/mol. The Bertz CT molecular complexity index is 721. The molecule has 7 heteroatoms. The molecule has 3 rings (SSSR count). The lowest BCUT2D eigenvalue weighted by Crippen LogP contribution is -2.09. The number of aromatic nitrogens is 4. The summed E-state index contributed by atoms with van der Waals surface area (Å²) in [6.45, 7) is 0.626. The van der Waals surface area contributed by atoms with Gasteiger partial charge in [-0.3, -0.25) is 0 Å². The van der Waals surface area contributed by atoms with E-state index in [2.05, 4.69) is 25.3 Å². The predicted octanol–water partition coefficient (Wildman–Crippen LogP) is 1.73. The second kappa shape index (κ2) is 5.12. The van der Waals surface area contributed by atoms with Crippen molar-refractivity contribution in [2.24, 2.45) is 0 Å². The summed E-state index contributed by atoms with van der Waals surface area (Å²) in [7, 11) is 0. The molecule has 1 aromatic carbocycles. The number of nitrogens with zero attached hydrogens (tertiary/aromatic N) is 3. The summed E-state index contributed by atoms with van der Waals surface area (Å²) in [4.78, 5) is 15.3. The van der Waals surface area contributed by atoms with E-state index in [1.54, 1.807) is 12.1 Å². The summed E-state index contributed by atoms with van der Waals surface area (Å²) in [5.41, 5.74) is 7.99. The normalized spacial score (nSPS) is 10.8. The maximum absolute atomic E-state index is 12.8. The molecule has 0 bridgehead atoms. The lowest BCUT2D eigenvalue weighted by atomic mass is 10.1. The van der Waals surface area contributed by atoms with Gasteiger partial charge in [0.15, 0.2) is 11.5 Å². The van der Waals surface area contributed by atoms with Crippen molar-refractivity contribution in [3.8, 4) is 0 Å². The van der Waals surface area contributed by atoms with Gasteiger partial charge in [0.1, 0.15) is 11.3 Å². The minimum atomic E-state index is -0.234. The van der Waals surface area contributed by atoms with Crippen LogP contribution in [0.3, 0.4) is 0 Å². The molecule has 0 spiro atoms. The third-order valence-electron chi connectivity index (χ3n) is 2.92. The first-order valence-electron chi connectivity index (χ1n) is 6.17. The SMILES string of the molecule is Nc1nc(NCCc2ccc(F)cc2)nc2nc[nH]c12. The zero-order chi connectivity index (χ0) is 13.9. The summed E-state index contributed by atoms with van der Waals surface area (Å²) < 4.78 is 12.8. The number of rotatable bonds is 4. The Morgan fingerprint density at radius 1 is 1.20 bits per heavy atom. The van der Waals surface area contributed by atoms with Crippen molar-refractivity contribution in [3.05, 3.63) is 42.0 Å². The molecule has 3 aromatic rings. The zero-order valence-electron chi connectivity index (χ0n) is 10.6. The molecule has 0 unspecified atom stereocenters.